The number of carbonyl (C=O) groups is 1. The maximum Gasteiger partial charge on any atom is 0.320 e. The molecule has 0 heterocycles. The van der Waals surface area contributed by atoms with Gasteiger partial charge in [0.15, 0.2) is 0 Å². The van der Waals surface area contributed by atoms with Crippen LogP contribution in [0.5, 0.6) is 0 Å². The highest BCUT2D eigenvalue weighted by atomic mass is 32.2. The van der Waals surface area contributed by atoms with Crippen molar-refractivity contribution in [2.75, 3.05) is 12.0 Å². The van der Waals surface area contributed by atoms with Crippen molar-refractivity contribution in [1.82, 2.24) is 5.32 Å². The Morgan fingerprint density at radius 3 is 2.67 bits per heavy atom. The van der Waals surface area contributed by atoms with Gasteiger partial charge in [0, 0.05) is 5.37 Å². The molecule has 3 nitrogen and oxygen atoms in total. The summed E-state index contributed by atoms with van der Waals surface area (Å²) in [6.45, 7) is 1.82. The fourth-order valence-electron chi connectivity index (χ4n) is 0.805. The van der Waals surface area contributed by atoms with Crippen molar-refractivity contribution in [3.05, 3.63) is 0 Å². The van der Waals surface area contributed by atoms with E-state index in [9.17, 15) is 4.79 Å². The number of hydrogen-bond acceptors (Lipinski definition) is 4. The summed E-state index contributed by atoms with van der Waals surface area (Å²) in [5.41, 5.74) is 0. The Morgan fingerprint density at radius 2 is 2.33 bits per heavy atom. The standard InChI is InChI=1S/C7H15NO2S2/c1-5(11)8-6(7(9)10)3-4-12-2/h5-6,8,11H,3-4H2,1-2H3,(H,9,10)/t5?,6-/m0/s1. The second kappa shape index (κ2) is 6.62. The third-order valence-corrected chi connectivity index (χ3v) is 2.14. The van der Waals surface area contributed by atoms with E-state index in [0.29, 0.717) is 6.42 Å². The Balaban J connectivity index is 3.78. The molecule has 12 heavy (non-hydrogen) atoms. The van der Waals surface area contributed by atoms with Gasteiger partial charge < -0.3 is 5.11 Å². The van der Waals surface area contributed by atoms with Crippen LogP contribution in [-0.4, -0.2) is 34.5 Å². The molecule has 5 heteroatoms. The molecule has 0 radical (unpaired) electrons. The lowest BCUT2D eigenvalue weighted by atomic mass is 10.2. The SMILES string of the molecule is CSCC[C@H](NC(C)S)C(=O)O. The first-order valence-corrected chi connectivity index (χ1v) is 5.64. The van der Waals surface area contributed by atoms with Gasteiger partial charge in [-0.3, -0.25) is 10.1 Å². The highest BCUT2D eigenvalue weighted by Crippen LogP contribution is 2.02. The Kier molecular flexibility index (Phi) is 6.70. The first-order valence-electron chi connectivity index (χ1n) is 3.73. The fraction of sp³-hybridized carbons (Fsp3) is 0.857. The van der Waals surface area contributed by atoms with Gasteiger partial charge in [0.1, 0.15) is 6.04 Å². The van der Waals surface area contributed by atoms with E-state index >= 15 is 0 Å². The van der Waals surface area contributed by atoms with Crippen molar-refractivity contribution in [3.63, 3.8) is 0 Å². The minimum absolute atomic E-state index is 0.0760. The van der Waals surface area contributed by atoms with Crippen LogP contribution in [-0.2, 0) is 4.79 Å². The maximum atomic E-state index is 10.6. The van der Waals surface area contributed by atoms with Crippen LogP contribution in [0.15, 0.2) is 0 Å². The van der Waals surface area contributed by atoms with E-state index in [4.69, 9.17) is 5.11 Å². The van der Waals surface area contributed by atoms with Crippen molar-refractivity contribution >= 4 is 30.4 Å². The van der Waals surface area contributed by atoms with Crippen molar-refractivity contribution in [2.24, 2.45) is 0 Å². The summed E-state index contributed by atoms with van der Waals surface area (Å²) in [6, 6.07) is -0.468. The molecule has 0 saturated heterocycles. The van der Waals surface area contributed by atoms with E-state index in [1.54, 1.807) is 11.8 Å². The monoisotopic (exact) mass is 209 g/mol. The van der Waals surface area contributed by atoms with Crippen LogP contribution in [0.1, 0.15) is 13.3 Å². The average molecular weight is 209 g/mol. The Labute approximate surface area is 82.7 Å². The molecule has 0 fully saturated rings. The zero-order valence-corrected chi connectivity index (χ0v) is 8.99. The second-order valence-corrected chi connectivity index (χ2v) is 4.28. The lowest BCUT2D eigenvalue weighted by Crippen LogP contribution is -2.40. The average Bonchev–Trinajstić information content (AvgIpc) is 1.96. The molecule has 2 N–H and O–H groups in total. The topological polar surface area (TPSA) is 49.3 Å². The fourth-order valence-corrected chi connectivity index (χ4v) is 1.46. The van der Waals surface area contributed by atoms with Gasteiger partial charge in [-0.1, -0.05) is 0 Å². The van der Waals surface area contributed by atoms with Crippen LogP contribution < -0.4 is 5.32 Å². The zero-order valence-electron chi connectivity index (χ0n) is 7.28. The van der Waals surface area contributed by atoms with Gasteiger partial charge in [-0.2, -0.15) is 24.4 Å². The number of aliphatic carboxylic acids is 1. The van der Waals surface area contributed by atoms with E-state index < -0.39 is 12.0 Å². The summed E-state index contributed by atoms with van der Waals surface area (Å²) in [4.78, 5) is 10.6. The molecule has 72 valence electrons. The van der Waals surface area contributed by atoms with Crippen LogP contribution >= 0.6 is 24.4 Å². The van der Waals surface area contributed by atoms with Gasteiger partial charge >= 0.3 is 5.97 Å². The smallest absolute Gasteiger partial charge is 0.320 e. The largest absolute Gasteiger partial charge is 0.480 e. The van der Waals surface area contributed by atoms with Crippen LogP contribution in [0, 0.1) is 0 Å². The van der Waals surface area contributed by atoms with Crippen molar-refractivity contribution in [2.45, 2.75) is 24.8 Å². The number of nitrogens with one attached hydrogen (secondary N) is 1. The first-order chi connectivity index (χ1) is 5.57. The second-order valence-electron chi connectivity index (χ2n) is 2.51. The molecule has 0 aromatic heterocycles. The van der Waals surface area contributed by atoms with E-state index in [1.165, 1.54) is 0 Å². The van der Waals surface area contributed by atoms with E-state index in [2.05, 4.69) is 17.9 Å². The number of carboxylic acid groups (broad SMARTS) is 1. The molecule has 0 aliphatic heterocycles. The number of hydrogen-bond donors (Lipinski definition) is 3. The normalized spacial score (nSPS) is 15.6. The number of rotatable bonds is 6. The third-order valence-electron chi connectivity index (χ3n) is 1.35. The molecule has 0 aromatic carbocycles. The highest BCUT2D eigenvalue weighted by Gasteiger charge is 2.16. The molecule has 0 aliphatic rings. The zero-order chi connectivity index (χ0) is 9.56. The van der Waals surface area contributed by atoms with E-state index in [1.807, 2.05) is 13.2 Å². The Hall–Kier alpha value is 0.130. The Bertz CT molecular complexity index is 141. The number of thioether (sulfide) groups is 1. The Morgan fingerprint density at radius 1 is 1.75 bits per heavy atom. The number of thiol groups is 1. The minimum Gasteiger partial charge on any atom is -0.480 e. The molecule has 0 aromatic rings. The van der Waals surface area contributed by atoms with Crippen molar-refractivity contribution in [1.29, 1.82) is 0 Å². The van der Waals surface area contributed by atoms with Gasteiger partial charge in [-0.05, 0) is 25.4 Å². The van der Waals surface area contributed by atoms with E-state index in [-0.39, 0.29) is 5.37 Å². The summed E-state index contributed by atoms with van der Waals surface area (Å²) in [6.07, 6.45) is 2.60. The predicted octanol–water partition coefficient (Wildman–Crippen LogP) is 1.06. The van der Waals surface area contributed by atoms with Crippen LogP contribution in [0.2, 0.25) is 0 Å². The lowest BCUT2D eigenvalue weighted by molar-refractivity contribution is -0.139. The summed E-state index contributed by atoms with van der Waals surface area (Å²) >= 11 is 5.72. The van der Waals surface area contributed by atoms with Gasteiger partial charge in [0.25, 0.3) is 0 Å². The van der Waals surface area contributed by atoms with E-state index in [0.717, 1.165) is 5.75 Å². The molecule has 0 spiro atoms. The van der Waals surface area contributed by atoms with Crippen molar-refractivity contribution < 1.29 is 9.90 Å². The van der Waals surface area contributed by atoms with Gasteiger partial charge in [-0.15, -0.1) is 0 Å². The van der Waals surface area contributed by atoms with Crippen LogP contribution in [0.3, 0.4) is 0 Å². The maximum absolute atomic E-state index is 10.6. The number of carboxylic acids is 1. The van der Waals surface area contributed by atoms with Gasteiger partial charge in [0.2, 0.25) is 0 Å². The summed E-state index contributed by atoms with van der Waals surface area (Å²) < 4.78 is 0. The summed E-state index contributed by atoms with van der Waals surface area (Å²) in [5, 5.41) is 11.5. The molecule has 0 aliphatic carbocycles. The quantitative estimate of drug-likeness (QED) is 0.452. The summed E-state index contributed by atoms with van der Waals surface area (Å²) in [7, 11) is 0. The van der Waals surface area contributed by atoms with Gasteiger partial charge in [-0.25, -0.2) is 0 Å². The molecule has 0 bridgehead atoms. The van der Waals surface area contributed by atoms with Crippen molar-refractivity contribution in [3.8, 4) is 0 Å². The molecule has 0 rings (SSSR count). The lowest BCUT2D eigenvalue weighted by Gasteiger charge is -2.15. The summed E-state index contributed by atoms with van der Waals surface area (Å²) in [5.74, 6) is 0.0507. The third kappa shape index (κ3) is 5.74. The molecule has 2 atom stereocenters. The van der Waals surface area contributed by atoms with Crippen LogP contribution in [0.4, 0.5) is 0 Å². The molecular formula is C7H15NO2S2. The molecule has 0 saturated carbocycles. The van der Waals surface area contributed by atoms with Gasteiger partial charge in [0.05, 0.1) is 0 Å². The molecular weight excluding hydrogens is 194 g/mol. The highest BCUT2D eigenvalue weighted by molar-refractivity contribution is 7.98. The predicted molar refractivity (Wildman–Crippen MR) is 56.0 cm³/mol. The minimum atomic E-state index is -0.801. The molecule has 0 amide bonds. The first kappa shape index (κ1) is 12.1. The molecule has 1 unspecified atom stereocenters. The van der Waals surface area contributed by atoms with Crippen LogP contribution in [0.25, 0.3) is 0 Å².